The largest absolute Gasteiger partial charge is 0.328 e. The van der Waals surface area contributed by atoms with Crippen LogP contribution in [0.5, 0.6) is 0 Å². The quantitative estimate of drug-likeness (QED) is 0.725. The van der Waals surface area contributed by atoms with E-state index >= 15 is 0 Å². The third kappa shape index (κ3) is 2.13. The first-order valence-electron chi connectivity index (χ1n) is 5.76. The highest BCUT2D eigenvalue weighted by Crippen LogP contribution is 2.33. The van der Waals surface area contributed by atoms with E-state index in [0.717, 1.165) is 0 Å². The van der Waals surface area contributed by atoms with Gasteiger partial charge < -0.3 is 9.97 Å². The van der Waals surface area contributed by atoms with Crippen molar-refractivity contribution in [2.24, 2.45) is 0 Å². The molecule has 0 unspecified atom stereocenters. The van der Waals surface area contributed by atoms with Crippen molar-refractivity contribution in [1.82, 2.24) is 9.97 Å². The molecule has 0 amide bonds. The van der Waals surface area contributed by atoms with Gasteiger partial charge in [-0.05, 0) is 18.2 Å². The molecular formula is C14H8Cl2N2O2. The van der Waals surface area contributed by atoms with E-state index in [1.807, 2.05) is 0 Å². The van der Waals surface area contributed by atoms with Crippen molar-refractivity contribution in [3.05, 3.63) is 67.3 Å². The lowest BCUT2D eigenvalue weighted by atomic mass is 10.1. The number of aromatic amines is 2. The number of aromatic nitrogens is 2. The van der Waals surface area contributed by atoms with Gasteiger partial charge in [-0.1, -0.05) is 29.3 Å². The smallest absolute Gasteiger partial charge is 0.256 e. The average molecular weight is 307 g/mol. The average Bonchev–Trinajstić information content (AvgIpc) is 2.39. The molecule has 4 nitrogen and oxygen atoms in total. The van der Waals surface area contributed by atoms with Crippen molar-refractivity contribution in [3.63, 3.8) is 0 Å². The normalized spacial score (nSPS) is 10.9. The van der Waals surface area contributed by atoms with Crippen LogP contribution in [0.3, 0.4) is 0 Å². The minimum atomic E-state index is -0.349. The van der Waals surface area contributed by atoms with Gasteiger partial charge in [-0.25, -0.2) is 0 Å². The number of nitrogens with one attached hydrogen (secondary N) is 2. The molecule has 0 saturated carbocycles. The molecule has 0 aliphatic heterocycles. The van der Waals surface area contributed by atoms with Gasteiger partial charge in [0.05, 0.1) is 21.1 Å². The maximum absolute atomic E-state index is 12.2. The molecule has 0 atom stereocenters. The fourth-order valence-corrected chi connectivity index (χ4v) is 2.66. The summed E-state index contributed by atoms with van der Waals surface area (Å²) in [5, 5.41) is 1.48. The van der Waals surface area contributed by atoms with Crippen molar-refractivity contribution in [3.8, 4) is 11.1 Å². The van der Waals surface area contributed by atoms with Crippen LogP contribution in [-0.2, 0) is 0 Å². The minimum absolute atomic E-state index is 0.281. The Morgan fingerprint density at radius 2 is 1.70 bits per heavy atom. The van der Waals surface area contributed by atoms with Crippen LogP contribution in [0, 0.1) is 0 Å². The van der Waals surface area contributed by atoms with E-state index in [4.69, 9.17) is 23.2 Å². The molecule has 0 bridgehead atoms. The van der Waals surface area contributed by atoms with Gasteiger partial charge in [-0.3, -0.25) is 9.59 Å². The molecule has 0 saturated heterocycles. The van der Waals surface area contributed by atoms with Crippen molar-refractivity contribution >= 4 is 34.1 Å². The lowest BCUT2D eigenvalue weighted by Crippen LogP contribution is -2.12. The van der Waals surface area contributed by atoms with Gasteiger partial charge in [0.25, 0.3) is 5.56 Å². The van der Waals surface area contributed by atoms with Gasteiger partial charge in [0.1, 0.15) is 0 Å². The number of halogens is 2. The Morgan fingerprint density at radius 3 is 2.40 bits per heavy atom. The second-order valence-corrected chi connectivity index (χ2v) is 5.09. The molecule has 0 fully saturated rings. The Labute approximate surface area is 123 Å². The molecule has 0 spiro atoms. The predicted octanol–water partition coefficient (Wildman–Crippen LogP) is 3.19. The van der Waals surface area contributed by atoms with Crippen molar-refractivity contribution in [1.29, 1.82) is 0 Å². The zero-order valence-corrected chi connectivity index (χ0v) is 11.5. The first kappa shape index (κ1) is 13.0. The van der Waals surface area contributed by atoms with E-state index in [1.54, 1.807) is 24.3 Å². The molecule has 0 radical (unpaired) electrons. The highest BCUT2D eigenvalue weighted by molar-refractivity contribution is 6.39. The Bertz CT molecular complexity index is 908. The van der Waals surface area contributed by atoms with Crippen LogP contribution in [-0.4, -0.2) is 9.97 Å². The second-order valence-electron chi connectivity index (χ2n) is 4.28. The van der Waals surface area contributed by atoms with E-state index in [0.29, 0.717) is 32.1 Å². The summed E-state index contributed by atoms with van der Waals surface area (Å²) in [4.78, 5) is 28.6. The van der Waals surface area contributed by atoms with Crippen LogP contribution in [0.15, 0.2) is 46.1 Å². The third-order valence-electron chi connectivity index (χ3n) is 2.98. The molecule has 2 N–H and O–H groups in total. The first-order chi connectivity index (χ1) is 9.56. The Balaban J connectivity index is 2.38. The Hall–Kier alpha value is -2.04. The Morgan fingerprint density at radius 1 is 1.00 bits per heavy atom. The summed E-state index contributed by atoms with van der Waals surface area (Å²) in [6, 6.07) is 8.02. The SMILES string of the molecule is O=c1cc2[nH]c(=O)c(-c3c(Cl)cccc3Cl)cc2c[nH]1. The monoisotopic (exact) mass is 306 g/mol. The lowest BCUT2D eigenvalue weighted by Gasteiger charge is -2.07. The topological polar surface area (TPSA) is 65.7 Å². The van der Waals surface area contributed by atoms with E-state index in [2.05, 4.69) is 9.97 Å². The van der Waals surface area contributed by atoms with Crippen molar-refractivity contribution in [2.75, 3.05) is 0 Å². The molecule has 6 heteroatoms. The molecular weight excluding hydrogens is 299 g/mol. The highest BCUT2D eigenvalue weighted by atomic mass is 35.5. The highest BCUT2D eigenvalue weighted by Gasteiger charge is 2.13. The lowest BCUT2D eigenvalue weighted by molar-refractivity contribution is 1.23. The first-order valence-corrected chi connectivity index (χ1v) is 6.52. The van der Waals surface area contributed by atoms with Crippen LogP contribution in [0.25, 0.3) is 22.0 Å². The van der Waals surface area contributed by atoms with E-state index in [1.165, 1.54) is 12.3 Å². The summed E-state index contributed by atoms with van der Waals surface area (Å²) < 4.78 is 0. The summed E-state index contributed by atoms with van der Waals surface area (Å²) in [6.07, 6.45) is 1.53. The molecule has 0 aliphatic carbocycles. The van der Waals surface area contributed by atoms with Crippen LogP contribution >= 0.6 is 23.2 Å². The van der Waals surface area contributed by atoms with Crippen LogP contribution in [0.1, 0.15) is 0 Å². The summed E-state index contributed by atoms with van der Waals surface area (Å²) in [7, 11) is 0. The number of rotatable bonds is 1. The second kappa shape index (κ2) is 4.81. The summed E-state index contributed by atoms with van der Waals surface area (Å²) >= 11 is 12.2. The van der Waals surface area contributed by atoms with Gasteiger partial charge in [0.2, 0.25) is 5.56 Å². The van der Waals surface area contributed by atoms with Crippen LogP contribution < -0.4 is 11.1 Å². The van der Waals surface area contributed by atoms with Gasteiger partial charge in [0.15, 0.2) is 0 Å². The number of H-pyrrole nitrogens is 2. The van der Waals surface area contributed by atoms with E-state index in [9.17, 15) is 9.59 Å². The summed E-state index contributed by atoms with van der Waals surface area (Å²) in [5.41, 5.74) is 0.672. The van der Waals surface area contributed by atoms with Crippen molar-refractivity contribution in [2.45, 2.75) is 0 Å². The Kier molecular flexibility index (Phi) is 3.12. The molecule has 3 rings (SSSR count). The van der Waals surface area contributed by atoms with E-state index < -0.39 is 0 Å². The fraction of sp³-hybridized carbons (Fsp3) is 0. The molecule has 0 aliphatic rings. The maximum atomic E-state index is 12.2. The van der Waals surface area contributed by atoms with Gasteiger partial charge >= 0.3 is 0 Å². The number of hydrogen-bond acceptors (Lipinski definition) is 2. The molecule has 100 valence electrons. The van der Waals surface area contributed by atoms with E-state index in [-0.39, 0.29) is 11.1 Å². The molecule has 2 aromatic heterocycles. The standard InChI is InChI=1S/C14H8Cl2N2O2/c15-9-2-1-3-10(16)13(9)8-4-7-6-17-12(19)5-11(7)18-14(8)20/h1-6H,(H,17,19)(H,18,20). The molecule has 3 aromatic rings. The minimum Gasteiger partial charge on any atom is -0.328 e. The van der Waals surface area contributed by atoms with Crippen LogP contribution in [0.2, 0.25) is 10.0 Å². The summed E-state index contributed by atoms with van der Waals surface area (Å²) in [6.45, 7) is 0. The molecule has 20 heavy (non-hydrogen) atoms. The zero-order chi connectivity index (χ0) is 14.3. The van der Waals surface area contributed by atoms with Gasteiger partial charge in [0, 0.05) is 23.2 Å². The number of benzene rings is 1. The third-order valence-corrected chi connectivity index (χ3v) is 3.61. The number of pyridine rings is 2. The fourth-order valence-electron chi connectivity index (χ4n) is 2.06. The van der Waals surface area contributed by atoms with Crippen LogP contribution in [0.4, 0.5) is 0 Å². The maximum Gasteiger partial charge on any atom is 0.256 e. The number of hydrogen-bond donors (Lipinski definition) is 2. The molecule has 2 heterocycles. The van der Waals surface area contributed by atoms with Gasteiger partial charge in [-0.15, -0.1) is 0 Å². The van der Waals surface area contributed by atoms with Gasteiger partial charge in [-0.2, -0.15) is 0 Å². The van der Waals surface area contributed by atoms with Crippen molar-refractivity contribution < 1.29 is 0 Å². The zero-order valence-electron chi connectivity index (χ0n) is 10.0. The predicted molar refractivity (Wildman–Crippen MR) is 80.6 cm³/mol. The summed E-state index contributed by atoms with van der Waals surface area (Å²) in [5.74, 6) is 0. The molecule has 1 aromatic carbocycles. The number of fused-ring (bicyclic) bond motifs is 1.